The maximum Gasteiger partial charge on any atom is 0.274 e. The smallest absolute Gasteiger partial charge is 0.274 e. The number of hydrogen-bond donors (Lipinski definition) is 2. The third-order valence-electron chi connectivity index (χ3n) is 6.80. The highest BCUT2D eigenvalue weighted by atomic mass is 19.1. The lowest BCUT2D eigenvalue weighted by Crippen LogP contribution is -2.45. The number of benzene rings is 1. The van der Waals surface area contributed by atoms with E-state index in [0.717, 1.165) is 42.7 Å². The molecule has 5 rings (SSSR count). The first kappa shape index (κ1) is 17.0. The number of halogens is 2. The van der Waals surface area contributed by atoms with Crippen LogP contribution in [-0.2, 0) is 6.42 Å². The summed E-state index contributed by atoms with van der Waals surface area (Å²) in [6.45, 7) is 0. The molecule has 0 radical (unpaired) electrons. The Morgan fingerprint density at radius 3 is 2.08 bits per heavy atom. The first-order valence-electron chi connectivity index (χ1n) is 9.40. The van der Waals surface area contributed by atoms with Crippen LogP contribution < -0.4 is 5.48 Å². The first-order chi connectivity index (χ1) is 12.0. The van der Waals surface area contributed by atoms with Gasteiger partial charge >= 0.3 is 0 Å². The monoisotopic (exact) mass is 349 g/mol. The third kappa shape index (κ3) is 3.19. The molecule has 4 fully saturated rings. The number of hydroxylamine groups is 1. The SMILES string of the molecule is O=C(NO)c1cc(F)c(CCCC23CC4CC(CC(C4)C2)C3)c(F)c1. The molecule has 0 aromatic heterocycles. The van der Waals surface area contributed by atoms with Crippen LogP contribution in [-0.4, -0.2) is 11.1 Å². The van der Waals surface area contributed by atoms with Crippen molar-refractivity contribution in [3.8, 4) is 0 Å². The Bertz CT molecular complexity index is 630. The predicted octanol–water partition coefficient (Wildman–Crippen LogP) is 4.62. The molecule has 0 spiro atoms. The summed E-state index contributed by atoms with van der Waals surface area (Å²) in [6, 6.07) is 1.99. The summed E-state index contributed by atoms with van der Waals surface area (Å²) in [7, 11) is 0. The molecule has 136 valence electrons. The van der Waals surface area contributed by atoms with E-state index in [-0.39, 0.29) is 11.1 Å². The second-order valence-electron chi connectivity index (χ2n) is 8.63. The third-order valence-corrected chi connectivity index (χ3v) is 6.80. The number of hydrogen-bond acceptors (Lipinski definition) is 2. The molecule has 1 aromatic rings. The molecule has 4 aliphatic carbocycles. The average Bonchev–Trinajstić information content (AvgIpc) is 2.55. The van der Waals surface area contributed by atoms with Crippen molar-refractivity contribution in [3.63, 3.8) is 0 Å². The maximum absolute atomic E-state index is 14.2. The fourth-order valence-electron chi connectivity index (χ4n) is 6.27. The van der Waals surface area contributed by atoms with Crippen LogP contribution in [0.3, 0.4) is 0 Å². The molecule has 5 heteroatoms. The van der Waals surface area contributed by atoms with Crippen molar-refractivity contribution in [2.75, 3.05) is 0 Å². The molecule has 0 atom stereocenters. The first-order valence-corrected chi connectivity index (χ1v) is 9.40. The van der Waals surface area contributed by atoms with Gasteiger partial charge in [-0.1, -0.05) is 0 Å². The van der Waals surface area contributed by atoms with Gasteiger partial charge in [-0.3, -0.25) is 10.0 Å². The van der Waals surface area contributed by atoms with Gasteiger partial charge in [0.05, 0.1) is 0 Å². The lowest BCUT2D eigenvalue weighted by Gasteiger charge is -2.57. The quantitative estimate of drug-likeness (QED) is 0.602. The zero-order valence-corrected chi connectivity index (χ0v) is 14.4. The zero-order valence-electron chi connectivity index (χ0n) is 14.4. The Hall–Kier alpha value is -1.49. The van der Waals surface area contributed by atoms with Crippen molar-refractivity contribution < 1.29 is 18.8 Å². The van der Waals surface area contributed by atoms with Crippen LogP contribution >= 0.6 is 0 Å². The largest absolute Gasteiger partial charge is 0.288 e. The van der Waals surface area contributed by atoms with Crippen LogP contribution in [0.1, 0.15) is 67.3 Å². The highest BCUT2D eigenvalue weighted by Gasteiger charge is 2.50. The minimum atomic E-state index is -0.905. The molecule has 25 heavy (non-hydrogen) atoms. The van der Waals surface area contributed by atoms with Crippen LogP contribution in [0.25, 0.3) is 0 Å². The fraction of sp³-hybridized carbons (Fsp3) is 0.650. The summed E-state index contributed by atoms with van der Waals surface area (Å²) in [5, 5.41) is 8.59. The summed E-state index contributed by atoms with van der Waals surface area (Å²) >= 11 is 0. The lowest BCUT2D eigenvalue weighted by molar-refractivity contribution is -0.0580. The Labute approximate surface area is 146 Å². The lowest BCUT2D eigenvalue weighted by atomic mass is 9.48. The summed E-state index contributed by atoms with van der Waals surface area (Å²) in [5.41, 5.74) is 1.66. The minimum Gasteiger partial charge on any atom is -0.288 e. The van der Waals surface area contributed by atoms with Gasteiger partial charge in [0.15, 0.2) is 0 Å². The molecule has 3 nitrogen and oxygen atoms in total. The van der Waals surface area contributed by atoms with Gasteiger partial charge in [0, 0.05) is 11.1 Å². The van der Waals surface area contributed by atoms with Gasteiger partial charge in [-0.25, -0.2) is 14.3 Å². The van der Waals surface area contributed by atoms with Crippen molar-refractivity contribution in [2.24, 2.45) is 23.2 Å². The van der Waals surface area contributed by atoms with Crippen molar-refractivity contribution >= 4 is 5.91 Å². The van der Waals surface area contributed by atoms with E-state index in [1.807, 2.05) is 0 Å². The molecule has 0 aliphatic heterocycles. The van der Waals surface area contributed by atoms with Gasteiger partial charge in [0.1, 0.15) is 11.6 Å². The Kier molecular flexibility index (Phi) is 4.30. The summed E-state index contributed by atoms with van der Waals surface area (Å²) in [4.78, 5) is 11.3. The number of carbonyl (C=O) groups is 1. The molecule has 1 aromatic carbocycles. The normalized spacial score (nSPS) is 32.8. The van der Waals surface area contributed by atoms with Crippen LogP contribution in [0, 0.1) is 34.8 Å². The summed E-state index contributed by atoms with van der Waals surface area (Å²) in [6.07, 6.45) is 10.3. The standard InChI is InChI=1S/C20H25F2NO2/c21-17-7-15(19(24)23-25)8-18(22)16(17)2-1-3-20-9-12-4-13(10-20)6-14(5-12)11-20/h7-8,12-14,25H,1-6,9-11H2,(H,23,24). The van der Waals surface area contributed by atoms with Gasteiger partial charge in [0.2, 0.25) is 0 Å². The Morgan fingerprint density at radius 1 is 1.08 bits per heavy atom. The van der Waals surface area contributed by atoms with E-state index < -0.39 is 17.5 Å². The van der Waals surface area contributed by atoms with E-state index in [1.165, 1.54) is 44.0 Å². The molecule has 0 saturated heterocycles. The van der Waals surface area contributed by atoms with Gasteiger partial charge in [-0.2, -0.15) is 0 Å². The fourth-order valence-corrected chi connectivity index (χ4v) is 6.27. The number of carbonyl (C=O) groups excluding carboxylic acids is 1. The molecular formula is C20H25F2NO2. The van der Waals surface area contributed by atoms with E-state index in [1.54, 1.807) is 0 Å². The van der Waals surface area contributed by atoms with Crippen LogP contribution in [0.5, 0.6) is 0 Å². The highest BCUT2D eigenvalue weighted by Crippen LogP contribution is 2.61. The van der Waals surface area contributed by atoms with E-state index in [2.05, 4.69) is 0 Å². The summed E-state index contributed by atoms with van der Waals surface area (Å²) < 4.78 is 28.4. The van der Waals surface area contributed by atoms with Crippen molar-refractivity contribution in [3.05, 3.63) is 34.9 Å². The molecule has 0 unspecified atom stereocenters. The van der Waals surface area contributed by atoms with Crippen LogP contribution in [0.2, 0.25) is 0 Å². The minimum absolute atomic E-state index is 0.0548. The van der Waals surface area contributed by atoms with Crippen molar-refractivity contribution in [2.45, 2.75) is 57.8 Å². The van der Waals surface area contributed by atoms with E-state index in [0.29, 0.717) is 11.8 Å². The van der Waals surface area contributed by atoms with E-state index in [4.69, 9.17) is 5.21 Å². The molecule has 4 aliphatic rings. The number of amides is 1. The number of nitrogens with one attached hydrogen (secondary N) is 1. The van der Waals surface area contributed by atoms with Crippen LogP contribution in [0.4, 0.5) is 8.78 Å². The topological polar surface area (TPSA) is 49.3 Å². The second kappa shape index (κ2) is 6.35. The van der Waals surface area contributed by atoms with Crippen molar-refractivity contribution in [1.29, 1.82) is 0 Å². The van der Waals surface area contributed by atoms with Gasteiger partial charge in [-0.15, -0.1) is 0 Å². The summed E-state index contributed by atoms with van der Waals surface area (Å²) in [5.74, 6) is 0.342. The highest BCUT2D eigenvalue weighted by molar-refractivity contribution is 5.93. The maximum atomic E-state index is 14.2. The molecule has 4 saturated carbocycles. The van der Waals surface area contributed by atoms with Crippen LogP contribution in [0.15, 0.2) is 12.1 Å². The average molecular weight is 349 g/mol. The Morgan fingerprint density at radius 2 is 1.60 bits per heavy atom. The number of rotatable bonds is 5. The predicted molar refractivity (Wildman–Crippen MR) is 89.2 cm³/mol. The molecule has 2 N–H and O–H groups in total. The Balaban J connectivity index is 1.41. The molecular weight excluding hydrogens is 324 g/mol. The van der Waals surface area contributed by atoms with Gasteiger partial charge < -0.3 is 0 Å². The molecule has 1 amide bonds. The zero-order chi connectivity index (χ0) is 17.6. The van der Waals surface area contributed by atoms with E-state index >= 15 is 0 Å². The second-order valence-corrected chi connectivity index (χ2v) is 8.63. The van der Waals surface area contributed by atoms with Gasteiger partial charge in [-0.05, 0) is 93.1 Å². The molecule has 0 heterocycles. The van der Waals surface area contributed by atoms with Crippen molar-refractivity contribution in [1.82, 2.24) is 5.48 Å². The van der Waals surface area contributed by atoms with Gasteiger partial charge in [0.25, 0.3) is 5.91 Å². The van der Waals surface area contributed by atoms with E-state index in [9.17, 15) is 13.6 Å². The molecule has 4 bridgehead atoms.